The zero-order chi connectivity index (χ0) is 13.2. The summed E-state index contributed by atoms with van der Waals surface area (Å²) in [6, 6.07) is 11.7. The van der Waals surface area contributed by atoms with Gasteiger partial charge in [-0.3, -0.25) is 0 Å². The summed E-state index contributed by atoms with van der Waals surface area (Å²) in [6.45, 7) is 2.40. The molecule has 3 rings (SSSR count). The number of rotatable bonds is 2. The fraction of sp³-hybridized carbons (Fsp3) is 0.133. The Kier molecular flexibility index (Phi) is 2.83. The van der Waals surface area contributed by atoms with Crippen LogP contribution in [0.25, 0.3) is 21.7 Å². The van der Waals surface area contributed by atoms with Crippen LogP contribution in [0.15, 0.2) is 42.6 Å². The summed E-state index contributed by atoms with van der Waals surface area (Å²) in [5.74, 6) is 0.576. The van der Waals surface area contributed by atoms with Gasteiger partial charge >= 0.3 is 6.09 Å². The summed E-state index contributed by atoms with van der Waals surface area (Å²) in [7, 11) is 0. The van der Waals surface area contributed by atoms with Gasteiger partial charge in [-0.15, -0.1) is 0 Å². The molecule has 1 amide bonds. The van der Waals surface area contributed by atoms with E-state index in [9.17, 15) is 4.79 Å². The summed E-state index contributed by atoms with van der Waals surface area (Å²) in [6.07, 6.45) is 1.48. The molecule has 0 aliphatic heterocycles. The number of amides is 1. The highest BCUT2D eigenvalue weighted by molar-refractivity contribution is 6.08. The highest BCUT2D eigenvalue weighted by Gasteiger charge is 2.09. The highest BCUT2D eigenvalue weighted by atomic mass is 16.6. The van der Waals surface area contributed by atoms with Gasteiger partial charge in [-0.25, -0.2) is 4.79 Å². The van der Waals surface area contributed by atoms with E-state index in [4.69, 9.17) is 4.74 Å². The number of benzene rings is 2. The van der Waals surface area contributed by atoms with Crippen molar-refractivity contribution in [1.82, 2.24) is 10.3 Å². The van der Waals surface area contributed by atoms with E-state index in [1.807, 2.05) is 43.5 Å². The molecule has 0 unspecified atom stereocenters. The number of carbonyl (C=O) groups is 1. The molecule has 2 N–H and O–H groups in total. The van der Waals surface area contributed by atoms with E-state index >= 15 is 0 Å². The lowest BCUT2D eigenvalue weighted by molar-refractivity contribution is 0.201. The first kappa shape index (κ1) is 11.6. The van der Waals surface area contributed by atoms with E-state index in [1.165, 1.54) is 0 Å². The SMILES string of the molecule is CCNC(=O)Oc1cccc2c1ccc1[nH]ccc12. The zero-order valence-corrected chi connectivity index (χ0v) is 10.6. The van der Waals surface area contributed by atoms with Gasteiger partial charge in [0.1, 0.15) is 5.75 Å². The maximum Gasteiger partial charge on any atom is 0.412 e. The van der Waals surface area contributed by atoms with Gasteiger partial charge in [-0.2, -0.15) is 0 Å². The van der Waals surface area contributed by atoms with Crippen molar-refractivity contribution in [2.75, 3.05) is 6.54 Å². The van der Waals surface area contributed by atoms with Crippen LogP contribution in [0.1, 0.15) is 6.92 Å². The van der Waals surface area contributed by atoms with Crippen molar-refractivity contribution >= 4 is 27.8 Å². The molecule has 0 aliphatic carbocycles. The first-order chi connectivity index (χ1) is 9.29. The van der Waals surface area contributed by atoms with Gasteiger partial charge in [0.15, 0.2) is 0 Å². The number of aromatic nitrogens is 1. The van der Waals surface area contributed by atoms with Crippen LogP contribution in [-0.4, -0.2) is 17.6 Å². The van der Waals surface area contributed by atoms with E-state index in [2.05, 4.69) is 10.3 Å². The van der Waals surface area contributed by atoms with Crippen LogP contribution < -0.4 is 10.1 Å². The summed E-state index contributed by atoms with van der Waals surface area (Å²) in [5, 5.41) is 5.75. The van der Waals surface area contributed by atoms with Crippen LogP contribution in [0, 0.1) is 0 Å². The zero-order valence-electron chi connectivity index (χ0n) is 10.6. The fourth-order valence-corrected chi connectivity index (χ4v) is 2.24. The maximum absolute atomic E-state index is 11.5. The molecule has 3 aromatic rings. The van der Waals surface area contributed by atoms with Crippen LogP contribution in [-0.2, 0) is 0 Å². The van der Waals surface area contributed by atoms with Gasteiger partial charge in [0.05, 0.1) is 0 Å². The van der Waals surface area contributed by atoms with Gasteiger partial charge in [-0.05, 0) is 36.6 Å². The second-order valence-corrected chi connectivity index (χ2v) is 4.28. The monoisotopic (exact) mass is 254 g/mol. The van der Waals surface area contributed by atoms with Crippen LogP contribution in [0.5, 0.6) is 5.75 Å². The number of nitrogens with one attached hydrogen (secondary N) is 2. The van der Waals surface area contributed by atoms with E-state index in [-0.39, 0.29) is 0 Å². The Labute approximate surface area is 110 Å². The fourth-order valence-electron chi connectivity index (χ4n) is 2.24. The Balaban J connectivity index is 2.12. The summed E-state index contributed by atoms with van der Waals surface area (Å²) in [5.41, 5.74) is 1.07. The predicted molar refractivity (Wildman–Crippen MR) is 75.5 cm³/mol. The number of hydrogen-bond acceptors (Lipinski definition) is 2. The summed E-state index contributed by atoms with van der Waals surface area (Å²) in [4.78, 5) is 14.7. The van der Waals surface area contributed by atoms with Crippen molar-refractivity contribution < 1.29 is 9.53 Å². The van der Waals surface area contributed by atoms with Crippen LogP contribution in [0.2, 0.25) is 0 Å². The molecule has 19 heavy (non-hydrogen) atoms. The number of H-pyrrole nitrogens is 1. The number of carbonyl (C=O) groups excluding carboxylic acids is 1. The minimum absolute atomic E-state index is 0.427. The number of ether oxygens (including phenoxy) is 1. The number of aromatic amines is 1. The summed E-state index contributed by atoms with van der Waals surface area (Å²) < 4.78 is 5.33. The molecule has 0 radical (unpaired) electrons. The smallest absolute Gasteiger partial charge is 0.410 e. The molecule has 0 saturated carbocycles. The van der Waals surface area contributed by atoms with Crippen LogP contribution in [0.3, 0.4) is 0 Å². The Morgan fingerprint density at radius 2 is 2.05 bits per heavy atom. The highest BCUT2D eigenvalue weighted by Crippen LogP contribution is 2.31. The molecule has 0 bridgehead atoms. The molecular weight excluding hydrogens is 240 g/mol. The van der Waals surface area contributed by atoms with Gasteiger partial charge in [0, 0.05) is 29.0 Å². The normalized spacial score (nSPS) is 10.8. The molecule has 4 heteroatoms. The van der Waals surface area contributed by atoms with E-state index in [1.54, 1.807) is 6.07 Å². The molecule has 96 valence electrons. The van der Waals surface area contributed by atoms with Crippen LogP contribution >= 0.6 is 0 Å². The lowest BCUT2D eigenvalue weighted by Crippen LogP contribution is -2.26. The Hall–Kier alpha value is -2.49. The molecule has 0 aliphatic rings. The number of hydrogen-bond donors (Lipinski definition) is 2. The summed E-state index contributed by atoms with van der Waals surface area (Å²) >= 11 is 0. The molecule has 1 aromatic heterocycles. The van der Waals surface area contributed by atoms with Crippen molar-refractivity contribution in [1.29, 1.82) is 0 Å². The second-order valence-electron chi connectivity index (χ2n) is 4.28. The third-order valence-electron chi connectivity index (χ3n) is 3.08. The minimum Gasteiger partial charge on any atom is -0.410 e. The minimum atomic E-state index is -0.427. The van der Waals surface area contributed by atoms with Gasteiger partial charge in [-0.1, -0.05) is 12.1 Å². The third-order valence-corrected chi connectivity index (χ3v) is 3.08. The average molecular weight is 254 g/mol. The van der Waals surface area contributed by atoms with Crippen molar-refractivity contribution in [2.24, 2.45) is 0 Å². The topological polar surface area (TPSA) is 54.1 Å². The largest absolute Gasteiger partial charge is 0.412 e. The van der Waals surface area contributed by atoms with Crippen molar-refractivity contribution in [2.45, 2.75) is 6.92 Å². The molecule has 2 aromatic carbocycles. The molecule has 0 saturated heterocycles. The van der Waals surface area contributed by atoms with E-state index < -0.39 is 6.09 Å². The quantitative estimate of drug-likeness (QED) is 0.736. The molecule has 0 spiro atoms. The van der Waals surface area contributed by atoms with Crippen LogP contribution in [0.4, 0.5) is 4.79 Å². The first-order valence-electron chi connectivity index (χ1n) is 6.24. The molecule has 1 heterocycles. The van der Waals surface area contributed by atoms with E-state index in [0.717, 1.165) is 21.7 Å². The lowest BCUT2D eigenvalue weighted by atomic mass is 10.1. The lowest BCUT2D eigenvalue weighted by Gasteiger charge is -2.08. The number of fused-ring (bicyclic) bond motifs is 3. The van der Waals surface area contributed by atoms with Crippen molar-refractivity contribution in [3.63, 3.8) is 0 Å². The van der Waals surface area contributed by atoms with Crippen molar-refractivity contribution in [3.05, 3.63) is 42.6 Å². The maximum atomic E-state index is 11.5. The van der Waals surface area contributed by atoms with E-state index in [0.29, 0.717) is 12.3 Å². The Bertz CT molecular complexity index is 746. The van der Waals surface area contributed by atoms with Gasteiger partial charge in [0.25, 0.3) is 0 Å². The molecule has 0 atom stereocenters. The molecule has 0 fully saturated rings. The first-order valence-corrected chi connectivity index (χ1v) is 6.24. The Morgan fingerprint density at radius 1 is 1.16 bits per heavy atom. The van der Waals surface area contributed by atoms with Gasteiger partial charge < -0.3 is 15.0 Å². The molecular formula is C15H14N2O2. The van der Waals surface area contributed by atoms with Gasteiger partial charge in [0.2, 0.25) is 0 Å². The Morgan fingerprint density at radius 3 is 2.89 bits per heavy atom. The third kappa shape index (κ3) is 2.01. The average Bonchev–Trinajstić information content (AvgIpc) is 2.88. The molecule has 4 nitrogen and oxygen atoms in total. The second kappa shape index (κ2) is 4.65. The standard InChI is InChI=1S/C15H14N2O2/c1-2-16-15(18)19-14-5-3-4-10-11-8-9-17-13(11)7-6-12(10)14/h3-9,17H,2H2,1H3,(H,16,18). The van der Waals surface area contributed by atoms with Crippen molar-refractivity contribution in [3.8, 4) is 5.75 Å². The predicted octanol–water partition coefficient (Wildman–Crippen LogP) is 3.43.